The third-order valence-electron chi connectivity index (χ3n) is 3.18. The first kappa shape index (κ1) is 14.8. The van der Waals surface area contributed by atoms with Gasteiger partial charge in [-0.25, -0.2) is 4.79 Å². The van der Waals surface area contributed by atoms with Gasteiger partial charge in [-0.1, -0.05) is 0 Å². The zero-order valence-corrected chi connectivity index (χ0v) is 13.8. The molecule has 1 heterocycles. The number of anilines is 1. The normalized spacial score (nSPS) is 10.6. The van der Waals surface area contributed by atoms with E-state index in [1.54, 1.807) is 13.2 Å². The van der Waals surface area contributed by atoms with E-state index in [9.17, 15) is 9.59 Å². The van der Waals surface area contributed by atoms with Crippen LogP contribution in [0.15, 0.2) is 34.0 Å². The number of benzene rings is 1. The van der Waals surface area contributed by atoms with Crippen molar-refractivity contribution < 1.29 is 0 Å². The first-order chi connectivity index (χ1) is 9.40. The molecule has 1 N–H and O–H groups in total. The molecule has 6 heteroatoms. The number of hydrogen-bond donors (Lipinski definition) is 1. The van der Waals surface area contributed by atoms with Crippen LogP contribution in [0.1, 0.15) is 11.1 Å². The quantitative estimate of drug-likeness (QED) is 0.817. The van der Waals surface area contributed by atoms with Crippen LogP contribution in [0.3, 0.4) is 0 Å². The third kappa shape index (κ3) is 2.95. The maximum absolute atomic E-state index is 12.0. The highest BCUT2D eigenvalue weighted by Gasteiger charge is 2.07. The summed E-state index contributed by atoms with van der Waals surface area (Å²) in [6.45, 7) is 2.41. The summed E-state index contributed by atoms with van der Waals surface area (Å²) < 4.78 is 3.71. The van der Waals surface area contributed by atoms with Gasteiger partial charge >= 0.3 is 5.69 Å². The molecule has 20 heavy (non-hydrogen) atoms. The minimum absolute atomic E-state index is 0.260. The van der Waals surface area contributed by atoms with Crippen LogP contribution in [-0.2, 0) is 20.6 Å². The molecule has 0 bridgehead atoms. The Morgan fingerprint density at radius 3 is 2.60 bits per heavy atom. The van der Waals surface area contributed by atoms with Crippen molar-refractivity contribution in [1.29, 1.82) is 0 Å². The summed E-state index contributed by atoms with van der Waals surface area (Å²) in [5, 5.41) is 3.24. The second-order valence-electron chi connectivity index (χ2n) is 4.72. The summed E-state index contributed by atoms with van der Waals surface area (Å²) in [5.74, 6) is 0. The predicted molar refractivity (Wildman–Crippen MR) is 88.1 cm³/mol. The fourth-order valence-electron chi connectivity index (χ4n) is 2.02. The highest BCUT2D eigenvalue weighted by Crippen LogP contribution is 2.17. The summed E-state index contributed by atoms with van der Waals surface area (Å²) in [6, 6.07) is 6.07. The van der Waals surface area contributed by atoms with Crippen LogP contribution in [0.2, 0.25) is 0 Å². The van der Waals surface area contributed by atoms with E-state index in [2.05, 4.69) is 34.0 Å². The van der Waals surface area contributed by atoms with Gasteiger partial charge < -0.3 is 9.88 Å². The lowest BCUT2D eigenvalue weighted by atomic mass is 10.2. The Bertz CT molecular complexity index is 762. The first-order valence-electron chi connectivity index (χ1n) is 6.15. The second kappa shape index (κ2) is 5.82. The Hall–Kier alpha value is -1.57. The number of rotatable bonds is 3. The Morgan fingerprint density at radius 1 is 1.25 bits per heavy atom. The van der Waals surface area contributed by atoms with Gasteiger partial charge in [0.25, 0.3) is 5.56 Å². The van der Waals surface area contributed by atoms with E-state index < -0.39 is 0 Å². The summed E-state index contributed by atoms with van der Waals surface area (Å²) in [7, 11) is 3.13. The Labute approximate surface area is 130 Å². The molecule has 2 aromatic rings. The molecule has 0 amide bonds. The molecule has 2 rings (SSSR count). The second-order valence-corrected chi connectivity index (χ2v) is 5.97. The fourth-order valence-corrected chi connectivity index (χ4v) is 2.67. The third-order valence-corrected chi connectivity index (χ3v) is 3.85. The zero-order chi connectivity index (χ0) is 14.9. The molecular weight excluding hydrogens is 369 g/mol. The first-order valence-corrected chi connectivity index (χ1v) is 7.23. The number of hydrogen-bond acceptors (Lipinski definition) is 3. The molecular formula is C14H16IN3O2. The maximum atomic E-state index is 12.0. The molecule has 0 saturated carbocycles. The molecule has 0 fully saturated rings. The standard InChI is InChI=1S/C14H16IN3O2/c1-9-6-11(15)4-5-12(9)16-7-10-8-17(2)14(20)18(3)13(10)19/h4-6,8,16H,7H2,1-3H3. The van der Waals surface area contributed by atoms with E-state index in [0.717, 1.165) is 15.8 Å². The van der Waals surface area contributed by atoms with Crippen molar-refractivity contribution in [3.05, 3.63) is 59.9 Å². The van der Waals surface area contributed by atoms with Crippen molar-refractivity contribution >= 4 is 28.3 Å². The number of nitrogens with one attached hydrogen (secondary N) is 1. The molecule has 1 aromatic carbocycles. The monoisotopic (exact) mass is 385 g/mol. The molecule has 0 spiro atoms. The van der Waals surface area contributed by atoms with E-state index in [4.69, 9.17) is 0 Å². The molecule has 5 nitrogen and oxygen atoms in total. The van der Waals surface area contributed by atoms with E-state index in [1.165, 1.54) is 15.2 Å². The van der Waals surface area contributed by atoms with Crippen molar-refractivity contribution in [1.82, 2.24) is 9.13 Å². The van der Waals surface area contributed by atoms with Crippen LogP contribution in [0.5, 0.6) is 0 Å². The minimum atomic E-state index is -0.316. The summed E-state index contributed by atoms with van der Waals surface area (Å²) in [4.78, 5) is 23.6. The number of nitrogens with zero attached hydrogens (tertiary/aromatic N) is 2. The minimum Gasteiger partial charge on any atom is -0.380 e. The Balaban J connectivity index is 2.28. The van der Waals surface area contributed by atoms with Crippen molar-refractivity contribution in [2.75, 3.05) is 5.32 Å². The molecule has 0 radical (unpaired) electrons. The largest absolute Gasteiger partial charge is 0.380 e. The van der Waals surface area contributed by atoms with Gasteiger partial charge in [-0.05, 0) is 53.3 Å². The van der Waals surface area contributed by atoms with Gasteiger partial charge in [0.2, 0.25) is 0 Å². The van der Waals surface area contributed by atoms with Crippen LogP contribution in [-0.4, -0.2) is 9.13 Å². The average Bonchev–Trinajstić information content (AvgIpc) is 2.40. The zero-order valence-electron chi connectivity index (χ0n) is 11.6. The maximum Gasteiger partial charge on any atom is 0.330 e. The molecule has 0 aliphatic carbocycles. The van der Waals surface area contributed by atoms with E-state index in [0.29, 0.717) is 12.1 Å². The van der Waals surface area contributed by atoms with Crippen molar-refractivity contribution in [2.24, 2.45) is 14.1 Å². The molecule has 0 saturated heterocycles. The topological polar surface area (TPSA) is 56.0 Å². The van der Waals surface area contributed by atoms with Gasteiger partial charge in [0.05, 0.1) is 5.56 Å². The highest BCUT2D eigenvalue weighted by molar-refractivity contribution is 14.1. The summed E-state index contributed by atoms with van der Waals surface area (Å²) >= 11 is 2.26. The molecule has 0 unspecified atom stereocenters. The lowest BCUT2D eigenvalue weighted by Gasteiger charge is -2.11. The predicted octanol–water partition coefficient (Wildman–Crippen LogP) is 1.61. The van der Waals surface area contributed by atoms with Crippen molar-refractivity contribution in [3.63, 3.8) is 0 Å². The summed E-state index contributed by atoms with van der Waals surface area (Å²) in [6.07, 6.45) is 1.58. The van der Waals surface area contributed by atoms with Gasteiger partial charge in [-0.3, -0.25) is 9.36 Å². The van der Waals surface area contributed by atoms with Gasteiger partial charge in [-0.2, -0.15) is 0 Å². The molecule has 0 atom stereocenters. The Kier molecular flexibility index (Phi) is 4.32. The van der Waals surface area contributed by atoms with Gasteiger partial charge in [0.1, 0.15) is 0 Å². The van der Waals surface area contributed by atoms with Crippen LogP contribution >= 0.6 is 22.6 Å². The van der Waals surface area contributed by atoms with Gasteiger partial charge in [0.15, 0.2) is 0 Å². The number of aryl methyl sites for hydroxylation is 2. The van der Waals surface area contributed by atoms with E-state index in [-0.39, 0.29) is 11.2 Å². The van der Waals surface area contributed by atoms with Gasteiger partial charge in [0, 0.05) is 36.1 Å². The number of halogens is 1. The lowest BCUT2D eigenvalue weighted by Crippen LogP contribution is -2.38. The van der Waals surface area contributed by atoms with Gasteiger partial charge in [-0.15, -0.1) is 0 Å². The molecule has 1 aromatic heterocycles. The van der Waals surface area contributed by atoms with Crippen LogP contribution in [0.25, 0.3) is 0 Å². The van der Waals surface area contributed by atoms with Crippen molar-refractivity contribution in [3.8, 4) is 0 Å². The number of aromatic nitrogens is 2. The van der Waals surface area contributed by atoms with Crippen LogP contribution in [0, 0.1) is 10.5 Å². The fraction of sp³-hybridized carbons (Fsp3) is 0.286. The lowest BCUT2D eigenvalue weighted by molar-refractivity contribution is 0.671. The SMILES string of the molecule is Cc1cc(I)ccc1NCc1cn(C)c(=O)n(C)c1=O. The van der Waals surface area contributed by atoms with E-state index >= 15 is 0 Å². The molecule has 106 valence electrons. The van der Waals surface area contributed by atoms with Crippen LogP contribution < -0.4 is 16.6 Å². The average molecular weight is 385 g/mol. The Morgan fingerprint density at radius 2 is 1.95 bits per heavy atom. The molecule has 0 aliphatic rings. The smallest absolute Gasteiger partial charge is 0.330 e. The highest BCUT2D eigenvalue weighted by atomic mass is 127. The van der Waals surface area contributed by atoms with E-state index in [1.807, 2.05) is 19.1 Å². The van der Waals surface area contributed by atoms with Crippen LogP contribution in [0.4, 0.5) is 5.69 Å². The summed E-state index contributed by atoms with van der Waals surface area (Å²) in [5.41, 5.74) is 2.10. The molecule has 0 aliphatic heterocycles. The van der Waals surface area contributed by atoms with Crippen molar-refractivity contribution in [2.45, 2.75) is 13.5 Å².